The van der Waals surface area contributed by atoms with Crippen molar-refractivity contribution in [1.82, 2.24) is 10.7 Å². The minimum absolute atomic E-state index is 0.0534. The van der Waals surface area contributed by atoms with Crippen LogP contribution in [-0.4, -0.2) is 25.4 Å². The molecule has 26 heavy (non-hydrogen) atoms. The fourth-order valence-corrected chi connectivity index (χ4v) is 2.47. The third-order valence-electron chi connectivity index (χ3n) is 4.09. The molecular weight excluding hydrogens is 326 g/mol. The van der Waals surface area contributed by atoms with E-state index in [0.717, 1.165) is 5.69 Å². The number of anilines is 1. The Morgan fingerprint density at radius 1 is 0.962 bits per heavy atom. The fraction of sp³-hybridized carbons (Fsp3) is 0.333. The van der Waals surface area contributed by atoms with Gasteiger partial charge in [0.2, 0.25) is 5.91 Å². The molecule has 2 amide bonds. The van der Waals surface area contributed by atoms with E-state index in [1.807, 2.05) is 54.6 Å². The van der Waals surface area contributed by atoms with E-state index in [-0.39, 0.29) is 30.2 Å². The van der Waals surface area contributed by atoms with Gasteiger partial charge in [0, 0.05) is 25.6 Å². The van der Waals surface area contributed by atoms with Crippen molar-refractivity contribution >= 4 is 17.5 Å². The minimum atomic E-state index is -0.172. The summed E-state index contributed by atoms with van der Waals surface area (Å²) in [5.41, 5.74) is 5.50. The average Bonchev–Trinajstić information content (AvgIpc) is 2.61. The maximum atomic E-state index is 12.2. The second kappa shape index (κ2) is 8.52. The molecule has 2 aromatic carbocycles. The highest BCUT2D eigenvalue weighted by molar-refractivity contribution is 5.94. The lowest BCUT2D eigenvalue weighted by Crippen LogP contribution is -2.40. The second-order valence-electron chi connectivity index (χ2n) is 7.26. The van der Waals surface area contributed by atoms with Crippen LogP contribution in [0, 0.1) is 0 Å². The summed E-state index contributed by atoms with van der Waals surface area (Å²) in [6, 6.07) is 17.1. The van der Waals surface area contributed by atoms with E-state index in [0.29, 0.717) is 5.56 Å². The molecule has 0 saturated heterocycles. The highest BCUT2D eigenvalue weighted by Gasteiger charge is 2.14. The van der Waals surface area contributed by atoms with Gasteiger partial charge in [-0.15, -0.1) is 0 Å². The Morgan fingerprint density at radius 2 is 1.58 bits per heavy atom. The first kappa shape index (κ1) is 19.5. The quantitative estimate of drug-likeness (QED) is 0.784. The van der Waals surface area contributed by atoms with Crippen LogP contribution in [0.15, 0.2) is 54.6 Å². The number of rotatable bonds is 6. The van der Waals surface area contributed by atoms with Crippen LogP contribution in [0.2, 0.25) is 0 Å². The van der Waals surface area contributed by atoms with E-state index < -0.39 is 0 Å². The van der Waals surface area contributed by atoms with Gasteiger partial charge in [0.05, 0.1) is 5.69 Å². The van der Waals surface area contributed by atoms with Crippen molar-refractivity contribution in [2.24, 2.45) is 0 Å². The lowest BCUT2D eigenvalue weighted by atomic mass is 9.87. The number of nitrogens with one attached hydrogen (secondary N) is 2. The molecule has 0 aromatic heterocycles. The lowest BCUT2D eigenvalue weighted by molar-refractivity contribution is -0.121. The molecule has 138 valence electrons. The van der Waals surface area contributed by atoms with Crippen molar-refractivity contribution in [3.8, 4) is 0 Å². The third kappa shape index (κ3) is 5.62. The maximum absolute atomic E-state index is 12.2. The van der Waals surface area contributed by atoms with Gasteiger partial charge in [-0.25, -0.2) is 0 Å². The Hall–Kier alpha value is -2.82. The van der Waals surface area contributed by atoms with Crippen LogP contribution in [0.4, 0.5) is 5.69 Å². The molecule has 5 heteroatoms. The van der Waals surface area contributed by atoms with E-state index >= 15 is 0 Å². The van der Waals surface area contributed by atoms with Gasteiger partial charge in [0.25, 0.3) is 5.91 Å². The molecule has 2 rings (SSSR count). The van der Waals surface area contributed by atoms with Gasteiger partial charge in [-0.2, -0.15) is 0 Å². The van der Waals surface area contributed by atoms with Crippen molar-refractivity contribution < 1.29 is 9.59 Å². The average molecular weight is 353 g/mol. The molecule has 0 aliphatic rings. The second-order valence-corrected chi connectivity index (χ2v) is 7.26. The van der Waals surface area contributed by atoms with Crippen molar-refractivity contribution in [2.75, 3.05) is 18.6 Å². The van der Waals surface area contributed by atoms with Crippen molar-refractivity contribution in [3.05, 3.63) is 65.7 Å². The summed E-state index contributed by atoms with van der Waals surface area (Å²) in [4.78, 5) is 24.2. The summed E-state index contributed by atoms with van der Waals surface area (Å²) < 4.78 is 0. The fourth-order valence-electron chi connectivity index (χ4n) is 2.47. The van der Waals surface area contributed by atoms with Gasteiger partial charge < -0.3 is 5.32 Å². The number of para-hydroxylation sites is 1. The Morgan fingerprint density at radius 3 is 2.15 bits per heavy atom. The molecule has 5 nitrogen and oxygen atoms in total. The number of benzene rings is 2. The molecule has 0 spiro atoms. The zero-order valence-electron chi connectivity index (χ0n) is 15.9. The summed E-state index contributed by atoms with van der Waals surface area (Å²) in [7, 11) is 1.78. The number of carbonyl (C=O) groups is 2. The Labute approximate surface area is 155 Å². The first-order valence-electron chi connectivity index (χ1n) is 8.74. The van der Waals surface area contributed by atoms with Gasteiger partial charge in [0.15, 0.2) is 0 Å². The Kier molecular flexibility index (Phi) is 6.39. The summed E-state index contributed by atoms with van der Waals surface area (Å²) in [6.45, 7) is 6.68. The van der Waals surface area contributed by atoms with E-state index in [1.54, 1.807) is 12.1 Å². The highest BCUT2D eigenvalue weighted by atomic mass is 16.2. The van der Waals surface area contributed by atoms with Gasteiger partial charge in [-0.3, -0.25) is 20.0 Å². The topological polar surface area (TPSA) is 61.4 Å². The van der Waals surface area contributed by atoms with Gasteiger partial charge in [-0.1, -0.05) is 51.1 Å². The predicted octanol–water partition coefficient (Wildman–Crippen LogP) is 3.27. The summed E-state index contributed by atoms with van der Waals surface area (Å²) in [5.74, 6) is -0.325. The Bertz CT molecular complexity index is 734. The molecule has 0 atom stereocenters. The van der Waals surface area contributed by atoms with E-state index in [2.05, 4.69) is 31.5 Å². The van der Waals surface area contributed by atoms with E-state index in [9.17, 15) is 9.59 Å². The van der Waals surface area contributed by atoms with Gasteiger partial charge in [-0.05, 0) is 35.2 Å². The molecule has 0 fully saturated rings. The monoisotopic (exact) mass is 353 g/mol. The number of nitrogens with zero attached hydrogens (tertiary/aromatic N) is 1. The van der Waals surface area contributed by atoms with Crippen molar-refractivity contribution in [1.29, 1.82) is 0 Å². The maximum Gasteiger partial charge on any atom is 0.251 e. The van der Waals surface area contributed by atoms with Gasteiger partial charge in [0.1, 0.15) is 0 Å². The predicted molar refractivity (Wildman–Crippen MR) is 105 cm³/mol. The molecular formula is C21H27N3O2. The van der Waals surface area contributed by atoms with Crippen LogP contribution < -0.4 is 15.8 Å². The third-order valence-corrected chi connectivity index (χ3v) is 4.09. The molecule has 0 unspecified atom stereocenters. The van der Waals surface area contributed by atoms with Crippen LogP contribution in [0.3, 0.4) is 0 Å². The normalized spacial score (nSPS) is 10.9. The van der Waals surface area contributed by atoms with Crippen LogP contribution >= 0.6 is 0 Å². The zero-order valence-corrected chi connectivity index (χ0v) is 15.9. The standard InChI is InChI=1S/C21H27N3O2/c1-21(2,3)17-12-10-16(11-13-17)20(26)22-15-14-19(25)23-24(4)18-8-6-5-7-9-18/h5-13H,14-15H2,1-4H3,(H,22,26)(H,23,25). The smallest absolute Gasteiger partial charge is 0.251 e. The highest BCUT2D eigenvalue weighted by Crippen LogP contribution is 2.22. The van der Waals surface area contributed by atoms with Crippen molar-refractivity contribution in [3.63, 3.8) is 0 Å². The largest absolute Gasteiger partial charge is 0.352 e. The summed E-state index contributed by atoms with van der Waals surface area (Å²) in [5, 5.41) is 4.44. The van der Waals surface area contributed by atoms with E-state index in [4.69, 9.17) is 0 Å². The molecule has 0 aliphatic heterocycles. The summed E-state index contributed by atoms with van der Waals surface area (Å²) in [6.07, 6.45) is 0.211. The number of hydrogen-bond donors (Lipinski definition) is 2. The number of amides is 2. The van der Waals surface area contributed by atoms with E-state index in [1.165, 1.54) is 5.56 Å². The molecule has 0 aliphatic carbocycles. The molecule has 0 saturated carbocycles. The van der Waals surface area contributed by atoms with Crippen LogP contribution in [0.5, 0.6) is 0 Å². The van der Waals surface area contributed by atoms with Crippen LogP contribution in [0.25, 0.3) is 0 Å². The number of hydrogen-bond acceptors (Lipinski definition) is 3. The minimum Gasteiger partial charge on any atom is -0.352 e. The molecule has 0 heterocycles. The van der Waals surface area contributed by atoms with Crippen LogP contribution in [0.1, 0.15) is 43.1 Å². The SMILES string of the molecule is CN(NC(=O)CCNC(=O)c1ccc(C(C)(C)C)cc1)c1ccccc1. The first-order chi connectivity index (χ1) is 12.3. The zero-order chi connectivity index (χ0) is 19.2. The molecule has 0 radical (unpaired) electrons. The van der Waals surface area contributed by atoms with Gasteiger partial charge >= 0.3 is 0 Å². The number of hydrazine groups is 1. The molecule has 0 bridgehead atoms. The Balaban J connectivity index is 1.78. The molecule has 2 N–H and O–H groups in total. The number of carbonyl (C=O) groups excluding carboxylic acids is 2. The summed E-state index contributed by atoms with van der Waals surface area (Å²) >= 11 is 0. The van der Waals surface area contributed by atoms with Crippen molar-refractivity contribution in [2.45, 2.75) is 32.6 Å². The first-order valence-corrected chi connectivity index (χ1v) is 8.74. The molecule has 2 aromatic rings. The van der Waals surface area contributed by atoms with Crippen LogP contribution in [-0.2, 0) is 10.2 Å². The lowest BCUT2D eigenvalue weighted by Gasteiger charge is -2.20.